The highest BCUT2D eigenvalue weighted by atomic mass is 32.2. The molecule has 36 heavy (non-hydrogen) atoms. The molecule has 1 amide bonds. The summed E-state index contributed by atoms with van der Waals surface area (Å²) in [6, 6.07) is 12.1. The molecule has 2 aromatic carbocycles. The van der Waals surface area contributed by atoms with Gasteiger partial charge in [-0.15, -0.1) is 0 Å². The lowest BCUT2D eigenvalue weighted by Crippen LogP contribution is -2.42. The summed E-state index contributed by atoms with van der Waals surface area (Å²) < 4.78 is 36.8. The van der Waals surface area contributed by atoms with Crippen molar-refractivity contribution >= 4 is 41.6 Å². The number of nitrogens with two attached hydrogens (primary N) is 1. The van der Waals surface area contributed by atoms with Gasteiger partial charge in [0.05, 0.1) is 6.21 Å². The van der Waals surface area contributed by atoms with Crippen LogP contribution in [0, 0.1) is 0 Å². The Bertz CT molecular complexity index is 1080. The maximum atomic E-state index is 12.8. The van der Waals surface area contributed by atoms with Gasteiger partial charge in [0.1, 0.15) is 11.8 Å². The fourth-order valence-electron chi connectivity index (χ4n) is 2.46. The quantitative estimate of drug-likeness (QED) is 0.156. The summed E-state index contributed by atoms with van der Waals surface area (Å²) in [6.07, 6.45) is -1.78. The zero-order valence-electron chi connectivity index (χ0n) is 18.7. The Labute approximate surface area is 207 Å². The van der Waals surface area contributed by atoms with Gasteiger partial charge < -0.3 is 26.1 Å². The van der Waals surface area contributed by atoms with Crippen LogP contribution in [-0.4, -0.2) is 70.9 Å². The molecule has 0 bridgehead atoms. The third-order valence-electron chi connectivity index (χ3n) is 4.10. The Morgan fingerprint density at radius 1 is 1.06 bits per heavy atom. The number of halogens is 3. The molecule has 194 valence electrons. The van der Waals surface area contributed by atoms with Gasteiger partial charge >= 0.3 is 18.1 Å². The lowest BCUT2D eigenvalue weighted by atomic mass is 10.0. The van der Waals surface area contributed by atoms with Crippen LogP contribution in [0.4, 0.5) is 13.2 Å². The first-order chi connectivity index (χ1) is 16.9. The summed E-state index contributed by atoms with van der Waals surface area (Å²) in [6.45, 7) is -0.464. The zero-order chi connectivity index (χ0) is 27.3. The van der Waals surface area contributed by atoms with Crippen molar-refractivity contribution in [3.63, 3.8) is 0 Å². The van der Waals surface area contributed by atoms with Crippen LogP contribution in [0.1, 0.15) is 26.3 Å². The number of aliphatic carboxylic acids is 2. The fourth-order valence-corrected chi connectivity index (χ4v) is 3.03. The van der Waals surface area contributed by atoms with E-state index in [1.54, 1.807) is 36.4 Å². The van der Waals surface area contributed by atoms with Gasteiger partial charge in [-0.2, -0.15) is 30.0 Å². The van der Waals surface area contributed by atoms with Gasteiger partial charge in [-0.25, -0.2) is 9.59 Å². The van der Waals surface area contributed by atoms with Crippen LogP contribution in [0.3, 0.4) is 0 Å². The second kappa shape index (κ2) is 14.4. The normalized spacial score (nSPS) is 11.7. The molecule has 2 rings (SSSR count). The number of amides is 1. The number of carboxylic acids is 2. The molecular weight excluding hydrogens is 507 g/mol. The molecule has 0 spiro atoms. The minimum atomic E-state index is -5.08. The van der Waals surface area contributed by atoms with E-state index < -0.39 is 30.8 Å². The first-order valence-corrected chi connectivity index (χ1v) is 11.2. The van der Waals surface area contributed by atoms with Gasteiger partial charge in [0.25, 0.3) is 5.91 Å². The van der Waals surface area contributed by atoms with Crippen LogP contribution in [0.5, 0.6) is 5.75 Å². The molecule has 0 heterocycles. The van der Waals surface area contributed by atoms with Crippen molar-refractivity contribution in [2.24, 2.45) is 10.9 Å². The predicted octanol–water partition coefficient (Wildman–Crippen LogP) is 2.42. The van der Waals surface area contributed by atoms with Crippen LogP contribution >= 0.6 is 11.8 Å². The number of carbonyl (C=O) groups is 4. The number of carbonyl (C=O) groups excluding carboxylic acids is 2. The van der Waals surface area contributed by atoms with E-state index in [1.165, 1.54) is 30.1 Å². The van der Waals surface area contributed by atoms with Gasteiger partial charge in [-0.05, 0) is 48.2 Å². The summed E-state index contributed by atoms with van der Waals surface area (Å²) in [5.74, 6) is 1.39. The molecule has 0 unspecified atom stereocenters. The number of hydrazone groups is 1. The van der Waals surface area contributed by atoms with E-state index >= 15 is 0 Å². The monoisotopic (exact) mass is 529 g/mol. The number of rotatable bonds is 10. The summed E-state index contributed by atoms with van der Waals surface area (Å²) in [7, 11) is 0. The molecular formula is C22H22F3N3O7S. The van der Waals surface area contributed by atoms with E-state index in [-0.39, 0.29) is 11.7 Å². The molecule has 2 aromatic rings. The number of nitrogens with zero attached hydrogens (tertiary/aromatic N) is 1. The zero-order valence-corrected chi connectivity index (χ0v) is 19.5. The maximum absolute atomic E-state index is 12.8. The lowest BCUT2D eigenvalue weighted by molar-refractivity contribution is -0.192. The molecule has 0 fully saturated rings. The number of carboxylic acid groups (broad SMARTS) is 2. The second-order valence-electron chi connectivity index (χ2n) is 6.76. The van der Waals surface area contributed by atoms with Crippen molar-refractivity contribution in [2.45, 2.75) is 12.2 Å². The molecule has 5 N–H and O–H groups in total. The van der Waals surface area contributed by atoms with E-state index in [1.807, 2.05) is 6.26 Å². The average Bonchev–Trinajstić information content (AvgIpc) is 2.82. The Morgan fingerprint density at radius 2 is 1.58 bits per heavy atom. The van der Waals surface area contributed by atoms with Gasteiger partial charge in [0, 0.05) is 16.9 Å². The Balaban J connectivity index is 0.000000809. The average molecular weight is 529 g/mol. The Kier molecular flexibility index (Phi) is 11.9. The van der Waals surface area contributed by atoms with Crippen molar-refractivity contribution in [2.75, 3.05) is 18.6 Å². The van der Waals surface area contributed by atoms with Crippen LogP contribution < -0.4 is 15.9 Å². The van der Waals surface area contributed by atoms with Crippen LogP contribution in [0.25, 0.3) is 0 Å². The minimum absolute atomic E-state index is 0.246. The van der Waals surface area contributed by atoms with Crippen molar-refractivity contribution in [3.05, 3.63) is 65.2 Å². The molecule has 10 nitrogen and oxygen atoms in total. The van der Waals surface area contributed by atoms with E-state index in [2.05, 4.69) is 10.4 Å². The minimum Gasteiger partial charge on any atom is -0.482 e. The summed E-state index contributed by atoms with van der Waals surface area (Å²) >= 11 is 1.44. The number of ketones is 1. The molecule has 14 heteroatoms. The largest absolute Gasteiger partial charge is 0.490 e. The highest BCUT2D eigenvalue weighted by Crippen LogP contribution is 2.15. The van der Waals surface area contributed by atoms with Gasteiger partial charge in [-0.3, -0.25) is 9.59 Å². The van der Waals surface area contributed by atoms with Crippen molar-refractivity contribution in [3.8, 4) is 5.75 Å². The van der Waals surface area contributed by atoms with Crippen molar-refractivity contribution in [1.82, 2.24) is 5.32 Å². The lowest BCUT2D eigenvalue weighted by Gasteiger charge is -2.17. The summed E-state index contributed by atoms with van der Waals surface area (Å²) in [5, 5.41) is 21.9. The molecule has 1 atom stereocenters. The topological polar surface area (TPSA) is 168 Å². The molecule has 0 aliphatic rings. The standard InChI is InChI=1S/C20H21N3O5S.C2HF3O2/c1-29-12-17(23-20(27)15-4-2-13(3-5-15)10-22-21)19(26)14-6-8-16(9-7-14)28-11-18(24)25;3-2(4,5)1(6)7/h2-10,17H,11-12,21H2,1H3,(H,23,27)(H,24,25);(H,6,7)/t17-;/m0./s1. The molecule has 0 radical (unpaired) electrons. The fraction of sp³-hybridized carbons (Fsp3) is 0.227. The molecule has 0 aliphatic heterocycles. The number of hydrogen-bond donors (Lipinski definition) is 4. The third kappa shape index (κ3) is 10.5. The van der Waals surface area contributed by atoms with Gasteiger partial charge in [0.15, 0.2) is 12.4 Å². The molecule has 0 saturated heterocycles. The van der Waals surface area contributed by atoms with E-state index in [0.29, 0.717) is 22.6 Å². The number of nitrogens with one attached hydrogen (secondary N) is 1. The highest BCUT2D eigenvalue weighted by Gasteiger charge is 2.38. The van der Waals surface area contributed by atoms with Crippen molar-refractivity contribution in [1.29, 1.82) is 0 Å². The molecule has 0 saturated carbocycles. The number of hydrogen-bond acceptors (Lipinski definition) is 8. The van der Waals surface area contributed by atoms with Gasteiger partial charge in [-0.1, -0.05) is 12.1 Å². The number of ether oxygens (including phenoxy) is 1. The number of alkyl halides is 3. The summed E-state index contributed by atoms with van der Waals surface area (Å²) in [4.78, 5) is 44.8. The smallest absolute Gasteiger partial charge is 0.482 e. The van der Waals surface area contributed by atoms with Crippen LogP contribution in [0.2, 0.25) is 0 Å². The number of benzene rings is 2. The van der Waals surface area contributed by atoms with Gasteiger partial charge in [0.2, 0.25) is 0 Å². The number of Topliss-reactive ketones (excluding diaryl/α,β-unsaturated/α-hetero) is 1. The summed E-state index contributed by atoms with van der Waals surface area (Å²) in [5.41, 5.74) is 1.56. The maximum Gasteiger partial charge on any atom is 0.490 e. The Morgan fingerprint density at radius 3 is 2.03 bits per heavy atom. The van der Waals surface area contributed by atoms with E-state index in [9.17, 15) is 27.6 Å². The number of thioether (sulfide) groups is 1. The van der Waals surface area contributed by atoms with Crippen LogP contribution in [-0.2, 0) is 9.59 Å². The SMILES string of the molecule is CSC[C@H](NC(=O)c1ccc(C=NN)cc1)C(=O)c1ccc(OCC(=O)O)cc1.O=C(O)C(F)(F)F. The first kappa shape index (κ1) is 30.0. The van der Waals surface area contributed by atoms with Crippen LogP contribution in [0.15, 0.2) is 53.6 Å². The third-order valence-corrected chi connectivity index (χ3v) is 4.76. The molecule has 0 aromatic heterocycles. The highest BCUT2D eigenvalue weighted by molar-refractivity contribution is 7.98. The molecule has 0 aliphatic carbocycles. The first-order valence-electron chi connectivity index (χ1n) is 9.81. The van der Waals surface area contributed by atoms with E-state index in [0.717, 1.165) is 5.56 Å². The van der Waals surface area contributed by atoms with Crippen molar-refractivity contribution < 1.29 is 47.3 Å². The predicted molar refractivity (Wildman–Crippen MR) is 125 cm³/mol. The van der Waals surface area contributed by atoms with E-state index in [4.69, 9.17) is 25.6 Å². The second-order valence-corrected chi connectivity index (χ2v) is 7.67. The Hall–Kier alpha value is -4.07.